The highest BCUT2D eigenvalue weighted by Gasteiger charge is 2.26. The van der Waals surface area contributed by atoms with E-state index in [9.17, 15) is 15.3 Å². The first kappa shape index (κ1) is 23.9. The molecule has 0 bridgehead atoms. The monoisotopic (exact) mass is 495 g/mol. The number of thiophene rings is 1. The third-order valence-corrected chi connectivity index (χ3v) is 8.55. The molecule has 0 atom stereocenters. The fourth-order valence-electron chi connectivity index (χ4n) is 5.34. The van der Waals surface area contributed by atoms with Crippen molar-refractivity contribution in [3.05, 3.63) is 74.9 Å². The van der Waals surface area contributed by atoms with E-state index in [0.29, 0.717) is 13.1 Å². The lowest BCUT2D eigenvalue weighted by Gasteiger charge is -2.36. The summed E-state index contributed by atoms with van der Waals surface area (Å²) in [6.07, 6.45) is 6.01. The lowest BCUT2D eigenvalue weighted by atomic mass is 9.96. The first-order chi connectivity index (χ1) is 17.5. The number of para-hydroxylation sites is 1. The Morgan fingerprint density at radius 1 is 1.03 bits per heavy atom. The highest BCUT2D eigenvalue weighted by molar-refractivity contribution is 7.15. The Morgan fingerprint density at radius 2 is 1.75 bits per heavy atom. The zero-order chi connectivity index (χ0) is 25.2. The van der Waals surface area contributed by atoms with Crippen LogP contribution in [0.25, 0.3) is 11.1 Å². The Hall–Kier alpha value is -3.81. The summed E-state index contributed by atoms with van der Waals surface area (Å²) in [5, 5.41) is 20.8. The van der Waals surface area contributed by atoms with E-state index < -0.39 is 0 Å². The van der Waals surface area contributed by atoms with Gasteiger partial charge < -0.3 is 14.4 Å². The van der Waals surface area contributed by atoms with Crippen LogP contribution in [0.1, 0.15) is 45.8 Å². The minimum atomic E-state index is -0.223. The summed E-state index contributed by atoms with van der Waals surface area (Å²) in [6, 6.07) is 16.8. The van der Waals surface area contributed by atoms with Crippen LogP contribution >= 0.6 is 11.3 Å². The molecule has 3 heterocycles. The van der Waals surface area contributed by atoms with Gasteiger partial charge in [0.2, 0.25) is 0 Å². The first-order valence-electron chi connectivity index (χ1n) is 12.5. The highest BCUT2D eigenvalue weighted by Crippen LogP contribution is 2.38. The Bertz CT molecular complexity index is 1410. The average Bonchev–Trinajstić information content (AvgIpc) is 3.42. The van der Waals surface area contributed by atoms with Crippen LogP contribution in [0.3, 0.4) is 0 Å². The number of carbonyl (C=O) groups is 1. The second-order valence-corrected chi connectivity index (χ2v) is 10.5. The standard InChI is InChI=1S/C29H29N5OS/c1-20-16-22(21(2)34(20)29-26(19-31)25-10-6-7-11-27(25)36-29)17-23(18-30)28(35)33-14-12-32(13-15-33)24-8-4-3-5-9-24/h3-5,8-9,16-17H,6-7,10-15H2,1-2H3. The van der Waals surface area contributed by atoms with Gasteiger partial charge in [-0.15, -0.1) is 11.3 Å². The van der Waals surface area contributed by atoms with Crippen molar-refractivity contribution in [1.29, 1.82) is 10.5 Å². The fourth-order valence-corrected chi connectivity index (χ4v) is 6.79. The van der Waals surface area contributed by atoms with Gasteiger partial charge in [-0.2, -0.15) is 10.5 Å². The highest BCUT2D eigenvalue weighted by atomic mass is 32.1. The van der Waals surface area contributed by atoms with Crippen LogP contribution in [-0.2, 0) is 17.6 Å². The molecule has 1 fully saturated rings. The Balaban J connectivity index is 1.39. The molecule has 3 aromatic rings. The molecule has 36 heavy (non-hydrogen) atoms. The Morgan fingerprint density at radius 3 is 2.44 bits per heavy atom. The van der Waals surface area contributed by atoms with Gasteiger partial charge in [-0.3, -0.25) is 4.79 Å². The number of aromatic nitrogens is 1. The minimum absolute atomic E-state index is 0.148. The normalized spacial score (nSPS) is 15.8. The summed E-state index contributed by atoms with van der Waals surface area (Å²) in [5.74, 6) is -0.223. The van der Waals surface area contributed by atoms with Gasteiger partial charge in [0.1, 0.15) is 22.7 Å². The maximum atomic E-state index is 13.3. The first-order valence-corrected chi connectivity index (χ1v) is 13.3. The predicted octanol–water partition coefficient (Wildman–Crippen LogP) is 5.16. The van der Waals surface area contributed by atoms with E-state index in [4.69, 9.17) is 0 Å². The van der Waals surface area contributed by atoms with Crippen molar-refractivity contribution in [2.75, 3.05) is 31.1 Å². The molecule has 182 valence electrons. The largest absolute Gasteiger partial charge is 0.368 e. The molecule has 0 spiro atoms. The van der Waals surface area contributed by atoms with E-state index in [1.807, 2.05) is 38.1 Å². The van der Waals surface area contributed by atoms with E-state index in [0.717, 1.165) is 65.6 Å². The summed E-state index contributed by atoms with van der Waals surface area (Å²) in [6.45, 7) is 6.65. The molecule has 0 N–H and O–H groups in total. The maximum Gasteiger partial charge on any atom is 0.264 e. The molecule has 1 aliphatic carbocycles. The SMILES string of the molecule is Cc1cc(C=C(C#N)C(=O)N2CCN(c3ccccc3)CC2)c(C)n1-c1sc2c(c1C#N)CCCC2. The van der Waals surface area contributed by atoms with Crippen LogP contribution in [-0.4, -0.2) is 41.6 Å². The summed E-state index contributed by atoms with van der Waals surface area (Å²) in [5.41, 5.74) is 6.06. The summed E-state index contributed by atoms with van der Waals surface area (Å²) < 4.78 is 2.12. The number of fused-ring (bicyclic) bond motifs is 1. The van der Waals surface area contributed by atoms with Crippen molar-refractivity contribution in [3.63, 3.8) is 0 Å². The third-order valence-electron chi connectivity index (χ3n) is 7.28. The molecule has 2 aromatic heterocycles. The number of anilines is 1. The lowest BCUT2D eigenvalue weighted by molar-refractivity contribution is -0.126. The van der Waals surface area contributed by atoms with Gasteiger partial charge in [0.15, 0.2) is 0 Å². The van der Waals surface area contributed by atoms with E-state index in [1.54, 1.807) is 22.3 Å². The topological polar surface area (TPSA) is 76.1 Å². The molecule has 0 saturated carbocycles. The van der Waals surface area contributed by atoms with Gasteiger partial charge in [-0.05, 0) is 74.9 Å². The maximum absolute atomic E-state index is 13.3. The number of amides is 1. The lowest BCUT2D eigenvalue weighted by Crippen LogP contribution is -2.49. The molecule has 0 radical (unpaired) electrons. The molecule has 1 amide bonds. The molecule has 1 saturated heterocycles. The van der Waals surface area contributed by atoms with Crippen LogP contribution < -0.4 is 4.90 Å². The molecule has 1 aliphatic heterocycles. The molecule has 5 rings (SSSR count). The van der Waals surface area contributed by atoms with Gasteiger partial charge in [0.25, 0.3) is 5.91 Å². The van der Waals surface area contributed by atoms with E-state index >= 15 is 0 Å². The van der Waals surface area contributed by atoms with Gasteiger partial charge in [0, 0.05) is 48.1 Å². The predicted molar refractivity (Wildman–Crippen MR) is 143 cm³/mol. The number of benzene rings is 1. The number of aryl methyl sites for hydroxylation is 2. The quantitative estimate of drug-likeness (QED) is 0.370. The molecule has 0 unspecified atom stereocenters. The molecular weight excluding hydrogens is 466 g/mol. The number of piperazine rings is 1. The van der Waals surface area contributed by atoms with Crippen LogP contribution in [0.15, 0.2) is 42.0 Å². The average molecular weight is 496 g/mol. The number of hydrogen-bond donors (Lipinski definition) is 0. The van der Waals surface area contributed by atoms with Gasteiger partial charge >= 0.3 is 0 Å². The van der Waals surface area contributed by atoms with E-state index in [2.05, 4.69) is 33.7 Å². The van der Waals surface area contributed by atoms with E-state index in [1.165, 1.54) is 16.9 Å². The van der Waals surface area contributed by atoms with Gasteiger partial charge in [-0.25, -0.2) is 0 Å². The smallest absolute Gasteiger partial charge is 0.264 e. The van der Waals surface area contributed by atoms with E-state index in [-0.39, 0.29) is 11.5 Å². The van der Waals surface area contributed by atoms with Crippen LogP contribution in [0.5, 0.6) is 0 Å². The third kappa shape index (κ3) is 4.32. The number of rotatable bonds is 4. The summed E-state index contributed by atoms with van der Waals surface area (Å²) >= 11 is 1.71. The van der Waals surface area contributed by atoms with Crippen molar-refractivity contribution in [1.82, 2.24) is 9.47 Å². The number of hydrogen-bond acceptors (Lipinski definition) is 5. The zero-order valence-corrected chi connectivity index (χ0v) is 21.6. The van der Waals surface area contributed by atoms with Gasteiger partial charge in [0.05, 0.1) is 5.56 Å². The zero-order valence-electron chi connectivity index (χ0n) is 20.8. The van der Waals surface area contributed by atoms with Crippen molar-refractivity contribution < 1.29 is 4.79 Å². The second kappa shape index (κ2) is 10.0. The number of carbonyl (C=O) groups excluding carboxylic acids is 1. The van der Waals surface area contributed by atoms with Crippen molar-refractivity contribution >= 4 is 29.0 Å². The fraction of sp³-hybridized carbons (Fsp3) is 0.345. The molecule has 6 nitrogen and oxygen atoms in total. The van der Waals surface area contributed by atoms with Crippen LogP contribution in [0, 0.1) is 36.5 Å². The minimum Gasteiger partial charge on any atom is -0.368 e. The molecular formula is C29H29N5OS. The molecule has 1 aromatic carbocycles. The van der Waals surface area contributed by atoms with Crippen molar-refractivity contribution in [2.24, 2.45) is 0 Å². The van der Waals surface area contributed by atoms with Crippen LogP contribution in [0.4, 0.5) is 5.69 Å². The van der Waals surface area contributed by atoms with Gasteiger partial charge in [-0.1, -0.05) is 18.2 Å². The number of nitrogens with zero attached hydrogens (tertiary/aromatic N) is 5. The van der Waals surface area contributed by atoms with Crippen LogP contribution in [0.2, 0.25) is 0 Å². The molecule has 2 aliphatic rings. The van der Waals surface area contributed by atoms with Crippen molar-refractivity contribution in [3.8, 4) is 17.1 Å². The molecule has 7 heteroatoms. The number of nitriles is 2. The Kier molecular flexibility index (Phi) is 6.67. The second-order valence-electron chi connectivity index (χ2n) is 9.45. The summed E-state index contributed by atoms with van der Waals surface area (Å²) in [7, 11) is 0. The van der Waals surface area contributed by atoms with Crippen molar-refractivity contribution in [2.45, 2.75) is 39.5 Å². The Labute approximate surface area is 216 Å². The summed E-state index contributed by atoms with van der Waals surface area (Å²) in [4.78, 5) is 18.6.